The minimum absolute atomic E-state index is 0.785. The van der Waals surface area contributed by atoms with E-state index in [1.807, 2.05) is 13.0 Å². The predicted molar refractivity (Wildman–Crippen MR) is 68.2 cm³/mol. The first kappa shape index (κ1) is 14.7. The number of hydrogen-bond acceptors (Lipinski definition) is 1. The molecule has 0 saturated carbocycles. The summed E-state index contributed by atoms with van der Waals surface area (Å²) in [6.07, 6.45) is 15.1. The Labute approximate surface area is 95.9 Å². The Bertz CT molecular complexity index is 129. The molecule has 0 heterocycles. The molecule has 1 heteroatoms. The van der Waals surface area contributed by atoms with Crippen molar-refractivity contribution in [3.05, 3.63) is 12.2 Å². The van der Waals surface area contributed by atoms with Gasteiger partial charge in [-0.2, -0.15) is 0 Å². The van der Waals surface area contributed by atoms with Gasteiger partial charge < -0.3 is 4.74 Å². The second kappa shape index (κ2) is 13.7. The first-order valence-electron chi connectivity index (χ1n) is 6.60. The Morgan fingerprint density at radius 2 is 1.47 bits per heavy atom. The molecule has 0 aromatic rings. The van der Waals surface area contributed by atoms with E-state index in [1.54, 1.807) is 0 Å². The van der Waals surface area contributed by atoms with Crippen LogP contribution in [0.15, 0.2) is 12.2 Å². The van der Waals surface area contributed by atoms with Gasteiger partial charge in [-0.1, -0.05) is 64.0 Å². The molecule has 0 atom stereocenters. The Balaban J connectivity index is 2.86. The predicted octanol–water partition coefficient (Wildman–Crippen LogP) is 4.72. The zero-order valence-electron chi connectivity index (χ0n) is 10.6. The molecule has 0 aromatic carbocycles. The molecule has 0 aromatic heterocycles. The highest BCUT2D eigenvalue weighted by molar-refractivity contribution is 4.75. The molecule has 0 aliphatic carbocycles. The van der Waals surface area contributed by atoms with E-state index in [2.05, 4.69) is 13.0 Å². The molecule has 0 saturated heterocycles. The molecular weight excluding hydrogens is 184 g/mol. The smallest absolute Gasteiger partial charge is 0.0647 e. The lowest BCUT2D eigenvalue weighted by Gasteiger charge is -2.02. The lowest BCUT2D eigenvalue weighted by Crippen LogP contribution is -1.94. The van der Waals surface area contributed by atoms with E-state index in [4.69, 9.17) is 4.74 Å². The first-order valence-corrected chi connectivity index (χ1v) is 6.60. The lowest BCUT2D eigenvalue weighted by atomic mass is 10.1. The van der Waals surface area contributed by atoms with Crippen LogP contribution in [0.2, 0.25) is 0 Å². The number of ether oxygens (including phenoxy) is 1. The van der Waals surface area contributed by atoms with Crippen LogP contribution >= 0.6 is 0 Å². The summed E-state index contributed by atoms with van der Waals surface area (Å²) in [5, 5.41) is 0. The van der Waals surface area contributed by atoms with E-state index >= 15 is 0 Å². The molecule has 0 fully saturated rings. The third-order valence-electron chi connectivity index (χ3n) is 2.59. The van der Waals surface area contributed by atoms with Gasteiger partial charge in [0.05, 0.1) is 6.61 Å². The van der Waals surface area contributed by atoms with Crippen molar-refractivity contribution in [1.82, 2.24) is 0 Å². The van der Waals surface area contributed by atoms with Crippen LogP contribution in [0, 0.1) is 0 Å². The molecule has 0 rings (SSSR count). The van der Waals surface area contributed by atoms with Crippen molar-refractivity contribution in [2.45, 2.75) is 65.2 Å². The van der Waals surface area contributed by atoms with Gasteiger partial charge in [0.25, 0.3) is 0 Å². The van der Waals surface area contributed by atoms with E-state index in [0.717, 1.165) is 13.2 Å². The average molecular weight is 212 g/mol. The van der Waals surface area contributed by atoms with Crippen molar-refractivity contribution < 1.29 is 4.74 Å². The maximum Gasteiger partial charge on any atom is 0.0647 e. The fourth-order valence-electron chi connectivity index (χ4n) is 1.59. The SMILES string of the molecule is C/C=C/COCCCCCCCCCC. The average Bonchev–Trinajstić information content (AvgIpc) is 2.26. The van der Waals surface area contributed by atoms with Crippen LogP contribution in [0.5, 0.6) is 0 Å². The van der Waals surface area contributed by atoms with Crippen molar-refractivity contribution in [2.24, 2.45) is 0 Å². The maximum absolute atomic E-state index is 5.43. The summed E-state index contributed by atoms with van der Waals surface area (Å²) >= 11 is 0. The maximum atomic E-state index is 5.43. The highest BCUT2D eigenvalue weighted by atomic mass is 16.5. The van der Waals surface area contributed by atoms with E-state index in [9.17, 15) is 0 Å². The molecule has 90 valence electrons. The van der Waals surface area contributed by atoms with Gasteiger partial charge >= 0.3 is 0 Å². The van der Waals surface area contributed by atoms with Crippen LogP contribution in [0.1, 0.15) is 65.2 Å². The van der Waals surface area contributed by atoms with Crippen molar-refractivity contribution in [3.8, 4) is 0 Å². The topological polar surface area (TPSA) is 9.23 Å². The molecule has 1 nitrogen and oxygen atoms in total. The van der Waals surface area contributed by atoms with Crippen molar-refractivity contribution in [2.75, 3.05) is 13.2 Å². The highest BCUT2D eigenvalue weighted by Crippen LogP contribution is 2.08. The normalized spacial score (nSPS) is 11.3. The Morgan fingerprint density at radius 1 is 0.867 bits per heavy atom. The first-order chi connectivity index (χ1) is 7.41. The van der Waals surface area contributed by atoms with Crippen LogP contribution in [-0.2, 0) is 4.74 Å². The van der Waals surface area contributed by atoms with Gasteiger partial charge in [0.15, 0.2) is 0 Å². The van der Waals surface area contributed by atoms with E-state index in [0.29, 0.717) is 0 Å². The third-order valence-corrected chi connectivity index (χ3v) is 2.59. The van der Waals surface area contributed by atoms with E-state index < -0.39 is 0 Å². The fraction of sp³-hybridized carbons (Fsp3) is 0.857. The molecule has 15 heavy (non-hydrogen) atoms. The molecule has 0 unspecified atom stereocenters. The molecule has 0 spiro atoms. The molecule has 0 radical (unpaired) electrons. The van der Waals surface area contributed by atoms with Gasteiger partial charge in [0.1, 0.15) is 0 Å². The summed E-state index contributed by atoms with van der Waals surface area (Å²) in [7, 11) is 0. The Kier molecular flexibility index (Phi) is 13.4. The van der Waals surface area contributed by atoms with Crippen LogP contribution in [0.3, 0.4) is 0 Å². The standard InChI is InChI=1S/C14H28O/c1-3-5-7-8-9-10-11-12-14-15-13-6-4-2/h4,6H,3,5,7-14H2,1-2H3/b6-4+. The largest absolute Gasteiger partial charge is 0.377 e. The van der Waals surface area contributed by atoms with Crippen LogP contribution in [0.25, 0.3) is 0 Å². The van der Waals surface area contributed by atoms with Gasteiger partial charge in [0, 0.05) is 6.61 Å². The van der Waals surface area contributed by atoms with E-state index in [-0.39, 0.29) is 0 Å². The Morgan fingerprint density at radius 3 is 2.07 bits per heavy atom. The molecule has 0 amide bonds. The van der Waals surface area contributed by atoms with Gasteiger partial charge in [-0.25, -0.2) is 0 Å². The van der Waals surface area contributed by atoms with Crippen LogP contribution in [-0.4, -0.2) is 13.2 Å². The molecular formula is C14H28O. The van der Waals surface area contributed by atoms with Crippen LogP contribution in [0.4, 0.5) is 0 Å². The lowest BCUT2D eigenvalue weighted by molar-refractivity contribution is 0.157. The van der Waals surface area contributed by atoms with Gasteiger partial charge in [-0.15, -0.1) is 0 Å². The zero-order chi connectivity index (χ0) is 11.2. The summed E-state index contributed by atoms with van der Waals surface area (Å²) in [4.78, 5) is 0. The van der Waals surface area contributed by atoms with Crippen LogP contribution < -0.4 is 0 Å². The molecule has 0 bridgehead atoms. The minimum Gasteiger partial charge on any atom is -0.377 e. The number of allylic oxidation sites excluding steroid dienone is 1. The molecule has 0 aliphatic rings. The quantitative estimate of drug-likeness (QED) is 0.356. The number of hydrogen-bond donors (Lipinski definition) is 0. The van der Waals surface area contributed by atoms with Gasteiger partial charge in [-0.05, 0) is 13.3 Å². The summed E-state index contributed by atoms with van der Waals surface area (Å²) in [5.41, 5.74) is 0. The summed E-state index contributed by atoms with van der Waals surface area (Å²) in [6.45, 7) is 6.01. The second-order valence-corrected chi connectivity index (χ2v) is 4.12. The third kappa shape index (κ3) is 13.7. The van der Waals surface area contributed by atoms with Crippen molar-refractivity contribution in [3.63, 3.8) is 0 Å². The van der Waals surface area contributed by atoms with E-state index in [1.165, 1.54) is 51.4 Å². The summed E-state index contributed by atoms with van der Waals surface area (Å²) in [5.74, 6) is 0. The summed E-state index contributed by atoms with van der Waals surface area (Å²) in [6, 6.07) is 0. The second-order valence-electron chi connectivity index (χ2n) is 4.12. The minimum atomic E-state index is 0.785. The van der Waals surface area contributed by atoms with Gasteiger partial charge in [0.2, 0.25) is 0 Å². The van der Waals surface area contributed by atoms with Crippen molar-refractivity contribution >= 4 is 0 Å². The van der Waals surface area contributed by atoms with Crippen molar-refractivity contribution in [1.29, 1.82) is 0 Å². The highest BCUT2D eigenvalue weighted by Gasteiger charge is 1.91. The summed E-state index contributed by atoms with van der Waals surface area (Å²) < 4.78 is 5.43. The number of unbranched alkanes of at least 4 members (excludes halogenated alkanes) is 7. The number of rotatable bonds is 11. The zero-order valence-corrected chi connectivity index (χ0v) is 10.6. The molecule has 0 N–H and O–H groups in total. The van der Waals surface area contributed by atoms with Gasteiger partial charge in [-0.3, -0.25) is 0 Å². The Hall–Kier alpha value is -0.300. The monoisotopic (exact) mass is 212 g/mol. The molecule has 0 aliphatic heterocycles. The fourth-order valence-corrected chi connectivity index (χ4v) is 1.59.